The second-order valence-electron chi connectivity index (χ2n) is 5.66. The van der Waals surface area contributed by atoms with E-state index in [1.807, 2.05) is 31.2 Å². The van der Waals surface area contributed by atoms with Crippen LogP contribution in [0.15, 0.2) is 53.1 Å². The Morgan fingerprint density at radius 1 is 1.26 bits per heavy atom. The number of hydrogen-bond acceptors (Lipinski definition) is 6. The van der Waals surface area contributed by atoms with Gasteiger partial charge in [-0.2, -0.15) is 4.98 Å². The molecule has 1 heterocycles. The monoisotopic (exact) mass is 368 g/mol. The second-order valence-corrected chi connectivity index (χ2v) is 5.66. The van der Waals surface area contributed by atoms with Crippen molar-refractivity contribution in [3.05, 3.63) is 71.4 Å². The highest BCUT2D eigenvalue weighted by molar-refractivity contribution is 5.87. The fourth-order valence-electron chi connectivity index (χ4n) is 2.38. The number of nitrogens with zero attached hydrogens (tertiary/aromatic N) is 2. The number of rotatable bonds is 6. The normalized spacial score (nSPS) is 10.9. The Morgan fingerprint density at radius 2 is 2.07 bits per heavy atom. The SMILES string of the molecule is COc1ccc(/C=C/C(=O)OCc2nc(-c3ccccc3C)no2)cc1F. The number of esters is 1. The Labute approximate surface area is 155 Å². The Bertz CT molecular complexity index is 982. The van der Waals surface area contributed by atoms with Crippen LogP contribution in [0.5, 0.6) is 5.75 Å². The maximum atomic E-state index is 13.6. The van der Waals surface area contributed by atoms with Crippen molar-refractivity contribution in [1.29, 1.82) is 0 Å². The molecule has 0 aliphatic carbocycles. The molecular formula is C20H17FN2O4. The van der Waals surface area contributed by atoms with Crippen LogP contribution in [0, 0.1) is 12.7 Å². The molecule has 0 bridgehead atoms. The zero-order valence-electron chi connectivity index (χ0n) is 14.8. The van der Waals surface area contributed by atoms with Gasteiger partial charge in [0.25, 0.3) is 5.89 Å². The summed E-state index contributed by atoms with van der Waals surface area (Å²) >= 11 is 0. The summed E-state index contributed by atoms with van der Waals surface area (Å²) in [6.45, 7) is 1.79. The highest BCUT2D eigenvalue weighted by atomic mass is 19.1. The van der Waals surface area contributed by atoms with Gasteiger partial charge in [-0.1, -0.05) is 35.5 Å². The van der Waals surface area contributed by atoms with Gasteiger partial charge in [-0.15, -0.1) is 0 Å². The van der Waals surface area contributed by atoms with Gasteiger partial charge in [-0.05, 0) is 36.3 Å². The lowest BCUT2D eigenvalue weighted by atomic mass is 10.1. The summed E-state index contributed by atoms with van der Waals surface area (Å²) in [5.41, 5.74) is 2.36. The van der Waals surface area contributed by atoms with E-state index in [0.717, 1.165) is 11.1 Å². The minimum Gasteiger partial charge on any atom is -0.494 e. The summed E-state index contributed by atoms with van der Waals surface area (Å²) in [6.07, 6.45) is 2.64. The van der Waals surface area contributed by atoms with Crippen LogP contribution in [0.3, 0.4) is 0 Å². The summed E-state index contributed by atoms with van der Waals surface area (Å²) in [5, 5.41) is 3.90. The standard InChI is InChI=1S/C20H17FN2O4/c1-13-5-3-4-6-15(13)20-22-18(27-23-20)12-26-19(24)10-8-14-7-9-17(25-2)16(21)11-14/h3-11H,12H2,1-2H3/b10-8+. The van der Waals surface area contributed by atoms with Gasteiger partial charge < -0.3 is 14.0 Å². The smallest absolute Gasteiger partial charge is 0.331 e. The van der Waals surface area contributed by atoms with Crippen molar-refractivity contribution in [2.45, 2.75) is 13.5 Å². The number of benzene rings is 2. The maximum absolute atomic E-state index is 13.6. The third-order valence-corrected chi connectivity index (χ3v) is 3.78. The number of carbonyl (C=O) groups excluding carboxylic acids is 1. The van der Waals surface area contributed by atoms with E-state index >= 15 is 0 Å². The number of ether oxygens (including phenoxy) is 2. The van der Waals surface area contributed by atoms with Gasteiger partial charge in [0, 0.05) is 11.6 Å². The fourth-order valence-corrected chi connectivity index (χ4v) is 2.38. The summed E-state index contributed by atoms with van der Waals surface area (Å²) < 4.78 is 28.6. The average Bonchev–Trinajstić information content (AvgIpc) is 3.14. The summed E-state index contributed by atoms with van der Waals surface area (Å²) in [5.74, 6) is -0.367. The van der Waals surface area contributed by atoms with Gasteiger partial charge in [0.1, 0.15) is 0 Å². The molecular weight excluding hydrogens is 351 g/mol. The molecule has 1 aromatic heterocycles. The first kappa shape index (κ1) is 18.3. The van der Waals surface area contributed by atoms with Crippen molar-refractivity contribution < 1.29 is 23.2 Å². The Hall–Kier alpha value is -3.48. The molecule has 0 fully saturated rings. The van der Waals surface area contributed by atoms with E-state index < -0.39 is 11.8 Å². The lowest BCUT2D eigenvalue weighted by Crippen LogP contribution is -2.01. The van der Waals surface area contributed by atoms with Crippen LogP contribution < -0.4 is 4.74 Å². The molecule has 0 unspecified atom stereocenters. The van der Waals surface area contributed by atoms with E-state index in [2.05, 4.69) is 10.1 Å². The Balaban J connectivity index is 1.58. The van der Waals surface area contributed by atoms with Crippen molar-refractivity contribution in [2.24, 2.45) is 0 Å². The van der Waals surface area contributed by atoms with Crippen molar-refractivity contribution >= 4 is 12.0 Å². The molecule has 2 aromatic carbocycles. The molecule has 138 valence electrons. The quantitative estimate of drug-likeness (QED) is 0.484. The second kappa shape index (κ2) is 8.27. The topological polar surface area (TPSA) is 74.5 Å². The molecule has 0 radical (unpaired) electrons. The Kier molecular flexibility index (Phi) is 5.61. The van der Waals surface area contributed by atoms with E-state index in [1.54, 1.807) is 6.07 Å². The molecule has 0 atom stereocenters. The highest BCUT2D eigenvalue weighted by Gasteiger charge is 2.11. The predicted octanol–water partition coefficient (Wildman–Crippen LogP) is 3.95. The van der Waals surface area contributed by atoms with Crippen LogP contribution in [0.25, 0.3) is 17.5 Å². The number of hydrogen-bond donors (Lipinski definition) is 0. The predicted molar refractivity (Wildman–Crippen MR) is 96.3 cm³/mol. The largest absolute Gasteiger partial charge is 0.494 e. The van der Waals surface area contributed by atoms with Crippen molar-refractivity contribution in [3.8, 4) is 17.1 Å². The van der Waals surface area contributed by atoms with Crippen molar-refractivity contribution in [3.63, 3.8) is 0 Å². The van der Waals surface area contributed by atoms with E-state index in [-0.39, 0.29) is 18.2 Å². The van der Waals surface area contributed by atoms with Gasteiger partial charge in [-0.25, -0.2) is 9.18 Å². The maximum Gasteiger partial charge on any atom is 0.331 e. The lowest BCUT2D eigenvalue weighted by molar-refractivity contribution is -0.139. The molecule has 0 N–H and O–H groups in total. The number of aryl methyl sites for hydroxylation is 1. The van der Waals surface area contributed by atoms with Crippen LogP contribution in [0.1, 0.15) is 17.0 Å². The zero-order chi connectivity index (χ0) is 19.2. The van der Waals surface area contributed by atoms with Crippen molar-refractivity contribution in [1.82, 2.24) is 10.1 Å². The molecule has 3 rings (SSSR count). The number of methoxy groups -OCH3 is 1. The average molecular weight is 368 g/mol. The van der Waals surface area contributed by atoms with E-state index in [0.29, 0.717) is 11.4 Å². The zero-order valence-corrected chi connectivity index (χ0v) is 14.8. The summed E-state index contributed by atoms with van der Waals surface area (Å²) in [7, 11) is 1.38. The van der Waals surface area contributed by atoms with Crippen LogP contribution in [0.2, 0.25) is 0 Å². The van der Waals surface area contributed by atoms with E-state index in [4.69, 9.17) is 14.0 Å². The first-order chi connectivity index (χ1) is 13.1. The molecule has 0 aliphatic rings. The van der Waals surface area contributed by atoms with E-state index in [1.165, 1.54) is 31.4 Å². The number of halogens is 1. The van der Waals surface area contributed by atoms with Gasteiger partial charge in [0.05, 0.1) is 7.11 Å². The molecule has 0 aliphatic heterocycles. The van der Waals surface area contributed by atoms with Gasteiger partial charge in [0.2, 0.25) is 5.82 Å². The first-order valence-electron chi connectivity index (χ1n) is 8.14. The molecule has 3 aromatic rings. The molecule has 0 spiro atoms. The molecule has 7 heteroatoms. The van der Waals surface area contributed by atoms with Crippen LogP contribution in [-0.4, -0.2) is 23.2 Å². The number of carbonyl (C=O) groups is 1. The minimum absolute atomic E-state index is 0.135. The molecule has 6 nitrogen and oxygen atoms in total. The van der Waals surface area contributed by atoms with E-state index in [9.17, 15) is 9.18 Å². The summed E-state index contributed by atoms with van der Waals surface area (Å²) in [6, 6.07) is 12.0. The van der Waals surface area contributed by atoms with Gasteiger partial charge >= 0.3 is 5.97 Å². The van der Waals surface area contributed by atoms with Crippen molar-refractivity contribution in [2.75, 3.05) is 7.11 Å². The molecule has 0 saturated carbocycles. The highest BCUT2D eigenvalue weighted by Crippen LogP contribution is 2.20. The van der Waals surface area contributed by atoms with Gasteiger partial charge in [0.15, 0.2) is 18.2 Å². The minimum atomic E-state index is -0.609. The third-order valence-electron chi connectivity index (χ3n) is 3.78. The molecule has 0 amide bonds. The lowest BCUT2D eigenvalue weighted by Gasteiger charge is -2.02. The van der Waals surface area contributed by atoms with Crippen LogP contribution >= 0.6 is 0 Å². The molecule has 27 heavy (non-hydrogen) atoms. The fraction of sp³-hybridized carbons (Fsp3) is 0.150. The van der Waals surface area contributed by atoms with Crippen LogP contribution in [-0.2, 0) is 16.1 Å². The summed E-state index contributed by atoms with van der Waals surface area (Å²) in [4.78, 5) is 16.0. The number of aromatic nitrogens is 2. The first-order valence-corrected chi connectivity index (χ1v) is 8.14. The Morgan fingerprint density at radius 3 is 2.81 bits per heavy atom. The third kappa shape index (κ3) is 4.58. The molecule has 0 saturated heterocycles. The van der Waals surface area contributed by atoms with Crippen LogP contribution in [0.4, 0.5) is 4.39 Å². The van der Waals surface area contributed by atoms with Gasteiger partial charge in [-0.3, -0.25) is 0 Å².